The number of nitrogens with two attached hydrogens (primary N) is 1. The second kappa shape index (κ2) is 8.12. The van der Waals surface area contributed by atoms with Crippen molar-refractivity contribution < 1.29 is 9.53 Å². The van der Waals surface area contributed by atoms with Gasteiger partial charge in [0.2, 0.25) is 0 Å². The SMILES string of the molecule is CC(CNC(=O)c1ccc(CN)cc1)CN1CCOCC1. The molecule has 116 valence electrons. The summed E-state index contributed by atoms with van der Waals surface area (Å²) in [5.41, 5.74) is 7.27. The fourth-order valence-electron chi connectivity index (χ4n) is 2.45. The Morgan fingerprint density at radius 2 is 2.00 bits per heavy atom. The van der Waals surface area contributed by atoms with Crippen LogP contribution in [0.1, 0.15) is 22.8 Å². The molecule has 0 aliphatic carbocycles. The van der Waals surface area contributed by atoms with Crippen LogP contribution in [0.3, 0.4) is 0 Å². The first-order chi connectivity index (χ1) is 10.2. The number of hydrogen-bond acceptors (Lipinski definition) is 4. The van der Waals surface area contributed by atoms with E-state index in [2.05, 4.69) is 17.1 Å². The Labute approximate surface area is 126 Å². The van der Waals surface area contributed by atoms with E-state index in [0.717, 1.165) is 38.4 Å². The van der Waals surface area contributed by atoms with Crippen LogP contribution in [0.15, 0.2) is 24.3 Å². The lowest BCUT2D eigenvalue weighted by Gasteiger charge is -2.29. The highest BCUT2D eigenvalue weighted by Gasteiger charge is 2.14. The maximum atomic E-state index is 12.1. The zero-order valence-electron chi connectivity index (χ0n) is 12.7. The lowest BCUT2D eigenvalue weighted by molar-refractivity contribution is 0.0317. The average molecular weight is 291 g/mol. The van der Waals surface area contributed by atoms with E-state index >= 15 is 0 Å². The molecule has 5 nitrogen and oxygen atoms in total. The van der Waals surface area contributed by atoms with Gasteiger partial charge in [0.1, 0.15) is 0 Å². The normalized spacial score (nSPS) is 17.4. The molecule has 3 N–H and O–H groups in total. The van der Waals surface area contributed by atoms with Crippen molar-refractivity contribution in [1.29, 1.82) is 0 Å². The molecule has 0 aromatic heterocycles. The predicted molar refractivity (Wildman–Crippen MR) is 83.1 cm³/mol. The molecule has 1 saturated heterocycles. The summed E-state index contributed by atoms with van der Waals surface area (Å²) in [7, 11) is 0. The van der Waals surface area contributed by atoms with E-state index in [-0.39, 0.29) is 5.91 Å². The Kier molecular flexibility index (Phi) is 6.17. The van der Waals surface area contributed by atoms with Crippen molar-refractivity contribution in [3.63, 3.8) is 0 Å². The first-order valence-corrected chi connectivity index (χ1v) is 7.56. The summed E-state index contributed by atoms with van der Waals surface area (Å²) in [5, 5.41) is 3.00. The van der Waals surface area contributed by atoms with Crippen LogP contribution in [-0.2, 0) is 11.3 Å². The van der Waals surface area contributed by atoms with E-state index < -0.39 is 0 Å². The highest BCUT2D eigenvalue weighted by atomic mass is 16.5. The lowest BCUT2D eigenvalue weighted by Crippen LogP contribution is -2.41. The van der Waals surface area contributed by atoms with Crippen LogP contribution in [-0.4, -0.2) is 50.2 Å². The van der Waals surface area contributed by atoms with Crippen LogP contribution >= 0.6 is 0 Å². The number of nitrogens with zero attached hydrogens (tertiary/aromatic N) is 1. The molecule has 1 amide bonds. The number of ether oxygens (including phenoxy) is 1. The van der Waals surface area contributed by atoms with Gasteiger partial charge >= 0.3 is 0 Å². The molecule has 1 heterocycles. The zero-order valence-corrected chi connectivity index (χ0v) is 12.7. The maximum absolute atomic E-state index is 12.1. The summed E-state index contributed by atoms with van der Waals surface area (Å²) in [4.78, 5) is 14.5. The Balaban J connectivity index is 1.74. The Bertz CT molecular complexity index is 441. The van der Waals surface area contributed by atoms with Crippen molar-refractivity contribution in [1.82, 2.24) is 10.2 Å². The summed E-state index contributed by atoms with van der Waals surface area (Å²) < 4.78 is 5.34. The second-order valence-electron chi connectivity index (χ2n) is 5.63. The molecular formula is C16H25N3O2. The molecular weight excluding hydrogens is 266 g/mol. The van der Waals surface area contributed by atoms with Crippen LogP contribution in [0.5, 0.6) is 0 Å². The summed E-state index contributed by atoms with van der Waals surface area (Å²) in [6, 6.07) is 7.44. The van der Waals surface area contributed by atoms with Crippen molar-refractivity contribution in [2.24, 2.45) is 11.7 Å². The Morgan fingerprint density at radius 3 is 2.62 bits per heavy atom. The van der Waals surface area contributed by atoms with Gasteiger partial charge < -0.3 is 15.8 Å². The molecule has 1 aliphatic rings. The summed E-state index contributed by atoms with van der Waals surface area (Å²) >= 11 is 0. The van der Waals surface area contributed by atoms with E-state index in [1.54, 1.807) is 0 Å². The van der Waals surface area contributed by atoms with Crippen LogP contribution in [0, 0.1) is 5.92 Å². The molecule has 0 radical (unpaired) electrons. The van der Waals surface area contributed by atoms with Gasteiger partial charge in [-0.3, -0.25) is 9.69 Å². The van der Waals surface area contributed by atoms with E-state index in [1.807, 2.05) is 24.3 Å². The van der Waals surface area contributed by atoms with Crippen molar-refractivity contribution in [3.8, 4) is 0 Å². The molecule has 21 heavy (non-hydrogen) atoms. The highest BCUT2D eigenvalue weighted by molar-refractivity contribution is 5.94. The van der Waals surface area contributed by atoms with Gasteiger partial charge in [0.05, 0.1) is 13.2 Å². The predicted octanol–water partition coefficient (Wildman–Crippen LogP) is 0.843. The molecule has 0 bridgehead atoms. The third-order valence-corrected chi connectivity index (χ3v) is 3.74. The minimum Gasteiger partial charge on any atom is -0.379 e. The van der Waals surface area contributed by atoms with Gasteiger partial charge in [-0.1, -0.05) is 19.1 Å². The topological polar surface area (TPSA) is 67.6 Å². The van der Waals surface area contributed by atoms with Crippen molar-refractivity contribution >= 4 is 5.91 Å². The number of nitrogens with one attached hydrogen (secondary N) is 1. The molecule has 1 aromatic carbocycles. The number of hydrogen-bond donors (Lipinski definition) is 2. The van der Waals surface area contributed by atoms with Gasteiger partial charge in [0.25, 0.3) is 5.91 Å². The standard InChI is InChI=1S/C16H25N3O2/c1-13(12-19-6-8-21-9-7-19)11-18-16(20)15-4-2-14(10-17)3-5-15/h2-5,13H,6-12,17H2,1H3,(H,18,20). The van der Waals surface area contributed by atoms with Crippen molar-refractivity contribution in [2.75, 3.05) is 39.4 Å². The monoisotopic (exact) mass is 291 g/mol. The molecule has 0 spiro atoms. The van der Waals surface area contributed by atoms with Crippen LogP contribution in [0.4, 0.5) is 0 Å². The Morgan fingerprint density at radius 1 is 1.33 bits per heavy atom. The fraction of sp³-hybridized carbons (Fsp3) is 0.562. The van der Waals surface area contributed by atoms with E-state index in [1.165, 1.54) is 0 Å². The minimum absolute atomic E-state index is 0.0209. The van der Waals surface area contributed by atoms with Gasteiger partial charge in [0, 0.05) is 38.3 Å². The molecule has 1 aromatic rings. The molecule has 1 atom stereocenters. The number of rotatable bonds is 6. The fourth-order valence-corrected chi connectivity index (χ4v) is 2.45. The highest BCUT2D eigenvalue weighted by Crippen LogP contribution is 2.05. The number of carbonyl (C=O) groups excluding carboxylic acids is 1. The average Bonchev–Trinajstić information content (AvgIpc) is 2.53. The summed E-state index contributed by atoms with van der Waals surface area (Å²) in [6.45, 7) is 7.94. The van der Waals surface area contributed by atoms with Gasteiger partial charge in [-0.05, 0) is 23.6 Å². The first-order valence-electron chi connectivity index (χ1n) is 7.56. The zero-order chi connectivity index (χ0) is 15.1. The molecule has 0 saturated carbocycles. The molecule has 5 heteroatoms. The van der Waals surface area contributed by atoms with Crippen LogP contribution < -0.4 is 11.1 Å². The molecule has 1 aliphatic heterocycles. The summed E-state index contributed by atoms with van der Waals surface area (Å²) in [6.07, 6.45) is 0. The van der Waals surface area contributed by atoms with Crippen molar-refractivity contribution in [2.45, 2.75) is 13.5 Å². The van der Waals surface area contributed by atoms with Crippen LogP contribution in [0.2, 0.25) is 0 Å². The third-order valence-electron chi connectivity index (χ3n) is 3.74. The van der Waals surface area contributed by atoms with Gasteiger partial charge in [-0.25, -0.2) is 0 Å². The summed E-state index contributed by atoms with van der Waals surface area (Å²) in [5.74, 6) is 0.405. The third kappa shape index (κ3) is 5.12. The molecule has 1 unspecified atom stereocenters. The van der Waals surface area contributed by atoms with Crippen molar-refractivity contribution in [3.05, 3.63) is 35.4 Å². The first kappa shape index (κ1) is 15.9. The van der Waals surface area contributed by atoms with E-state index in [9.17, 15) is 4.79 Å². The van der Waals surface area contributed by atoms with Gasteiger partial charge in [-0.15, -0.1) is 0 Å². The quantitative estimate of drug-likeness (QED) is 0.815. The minimum atomic E-state index is -0.0209. The van der Waals surface area contributed by atoms with E-state index in [4.69, 9.17) is 10.5 Å². The van der Waals surface area contributed by atoms with Gasteiger partial charge in [0.15, 0.2) is 0 Å². The number of morpholine rings is 1. The van der Waals surface area contributed by atoms with Crippen LogP contribution in [0.25, 0.3) is 0 Å². The maximum Gasteiger partial charge on any atom is 0.251 e. The second-order valence-corrected chi connectivity index (χ2v) is 5.63. The number of amides is 1. The number of benzene rings is 1. The Hall–Kier alpha value is -1.43. The lowest BCUT2D eigenvalue weighted by atomic mass is 10.1. The largest absolute Gasteiger partial charge is 0.379 e. The number of carbonyl (C=O) groups is 1. The van der Waals surface area contributed by atoms with Gasteiger partial charge in [-0.2, -0.15) is 0 Å². The molecule has 1 fully saturated rings. The molecule has 2 rings (SSSR count). The smallest absolute Gasteiger partial charge is 0.251 e. The van der Waals surface area contributed by atoms with E-state index in [0.29, 0.717) is 24.6 Å².